The second-order valence-corrected chi connectivity index (χ2v) is 4.44. The van der Waals surface area contributed by atoms with Crippen molar-refractivity contribution in [1.82, 2.24) is 5.32 Å². The summed E-state index contributed by atoms with van der Waals surface area (Å²) in [5, 5.41) is 12.5. The Morgan fingerprint density at radius 3 is 2.94 bits per heavy atom. The summed E-state index contributed by atoms with van der Waals surface area (Å²) >= 11 is 1.74. The average molecular weight is 255 g/mol. The number of thioether (sulfide) groups is 1. The predicted molar refractivity (Wildman–Crippen MR) is 70.0 cm³/mol. The average Bonchev–Trinajstić information content (AvgIpc) is 2.34. The second-order valence-electron chi connectivity index (χ2n) is 3.46. The predicted octanol–water partition coefficient (Wildman–Crippen LogP) is 1.88. The quantitative estimate of drug-likeness (QED) is 0.762. The molecule has 17 heavy (non-hydrogen) atoms. The highest BCUT2D eigenvalue weighted by molar-refractivity contribution is 7.98. The van der Waals surface area contributed by atoms with Gasteiger partial charge in [-0.15, -0.1) is 0 Å². The molecule has 1 rings (SSSR count). The molecule has 0 heterocycles. The van der Waals surface area contributed by atoms with Crippen LogP contribution in [0.4, 0.5) is 0 Å². The molecule has 1 aromatic rings. The molecule has 94 valence electrons. The maximum atomic E-state index is 11.8. The van der Waals surface area contributed by atoms with Gasteiger partial charge in [0.25, 0.3) is 5.91 Å². The lowest BCUT2D eigenvalue weighted by Crippen LogP contribution is -2.24. The van der Waals surface area contributed by atoms with Gasteiger partial charge in [0.05, 0.1) is 12.7 Å². The number of hydrogen-bond donors (Lipinski definition) is 2. The zero-order chi connectivity index (χ0) is 12.7. The maximum absolute atomic E-state index is 11.8. The van der Waals surface area contributed by atoms with E-state index < -0.39 is 0 Å². The minimum absolute atomic E-state index is 0.114. The fourth-order valence-electron chi connectivity index (χ4n) is 1.38. The molecule has 0 unspecified atom stereocenters. The van der Waals surface area contributed by atoms with Gasteiger partial charge in [0.1, 0.15) is 0 Å². The van der Waals surface area contributed by atoms with E-state index in [-0.39, 0.29) is 17.2 Å². The van der Waals surface area contributed by atoms with Crippen molar-refractivity contribution >= 4 is 17.7 Å². The zero-order valence-electron chi connectivity index (χ0n) is 10.0. The van der Waals surface area contributed by atoms with Crippen LogP contribution >= 0.6 is 11.8 Å². The summed E-state index contributed by atoms with van der Waals surface area (Å²) in [4.78, 5) is 11.8. The maximum Gasteiger partial charge on any atom is 0.255 e. The highest BCUT2D eigenvalue weighted by Gasteiger charge is 2.13. The highest BCUT2D eigenvalue weighted by Crippen LogP contribution is 2.29. The summed E-state index contributed by atoms with van der Waals surface area (Å²) in [7, 11) is 1.45. The lowest BCUT2D eigenvalue weighted by molar-refractivity contribution is 0.0950. The zero-order valence-corrected chi connectivity index (χ0v) is 10.8. The number of phenolic OH excluding ortho intramolecular Hbond substituents is 1. The molecule has 0 bridgehead atoms. The third kappa shape index (κ3) is 3.85. The van der Waals surface area contributed by atoms with Gasteiger partial charge < -0.3 is 15.2 Å². The van der Waals surface area contributed by atoms with Crippen LogP contribution in [-0.2, 0) is 0 Å². The summed E-state index contributed by atoms with van der Waals surface area (Å²) in [6, 6.07) is 4.86. The number of nitrogens with one attached hydrogen (secondary N) is 1. The first-order chi connectivity index (χ1) is 8.20. The number of ether oxygens (including phenoxy) is 1. The SMILES string of the molecule is COc1cccc(C(=O)NCCCSC)c1O. The molecule has 0 saturated carbocycles. The Balaban J connectivity index is 2.62. The molecule has 0 atom stereocenters. The Hall–Kier alpha value is -1.36. The fraction of sp³-hybridized carbons (Fsp3) is 0.417. The van der Waals surface area contributed by atoms with Crippen molar-refractivity contribution in [3.8, 4) is 11.5 Å². The topological polar surface area (TPSA) is 58.6 Å². The molecule has 0 aliphatic rings. The Labute approximate surface area is 105 Å². The fourth-order valence-corrected chi connectivity index (χ4v) is 1.82. The molecule has 0 saturated heterocycles. The third-order valence-electron chi connectivity index (χ3n) is 2.27. The number of rotatable bonds is 6. The number of amides is 1. The first-order valence-electron chi connectivity index (χ1n) is 5.33. The van der Waals surface area contributed by atoms with Crippen molar-refractivity contribution in [2.24, 2.45) is 0 Å². The Morgan fingerprint density at radius 1 is 1.53 bits per heavy atom. The van der Waals surface area contributed by atoms with E-state index in [0.717, 1.165) is 12.2 Å². The molecule has 5 heteroatoms. The van der Waals surface area contributed by atoms with Crippen molar-refractivity contribution in [1.29, 1.82) is 0 Å². The van der Waals surface area contributed by atoms with Gasteiger partial charge in [-0.05, 0) is 30.6 Å². The molecule has 0 aliphatic heterocycles. The molecular formula is C12H17NO3S. The molecule has 0 spiro atoms. The Bertz CT molecular complexity index is 382. The van der Waals surface area contributed by atoms with Gasteiger partial charge in [0.2, 0.25) is 0 Å². The van der Waals surface area contributed by atoms with Crippen molar-refractivity contribution in [3.63, 3.8) is 0 Å². The second kappa shape index (κ2) is 7.06. The van der Waals surface area contributed by atoms with Crippen molar-refractivity contribution in [2.45, 2.75) is 6.42 Å². The van der Waals surface area contributed by atoms with Crippen molar-refractivity contribution in [2.75, 3.05) is 25.7 Å². The van der Waals surface area contributed by atoms with Gasteiger partial charge in [0, 0.05) is 6.54 Å². The normalized spacial score (nSPS) is 10.0. The number of carbonyl (C=O) groups excluding carboxylic acids is 1. The van der Waals surface area contributed by atoms with Crippen molar-refractivity contribution < 1.29 is 14.6 Å². The lowest BCUT2D eigenvalue weighted by Gasteiger charge is -2.09. The molecule has 2 N–H and O–H groups in total. The van der Waals surface area contributed by atoms with Crippen LogP contribution in [0.1, 0.15) is 16.8 Å². The van der Waals surface area contributed by atoms with Gasteiger partial charge in [-0.3, -0.25) is 4.79 Å². The minimum atomic E-state index is -0.275. The van der Waals surface area contributed by atoms with E-state index in [1.165, 1.54) is 7.11 Å². The first kappa shape index (κ1) is 13.7. The van der Waals surface area contributed by atoms with Crippen molar-refractivity contribution in [3.05, 3.63) is 23.8 Å². The molecule has 0 aliphatic carbocycles. The first-order valence-corrected chi connectivity index (χ1v) is 6.73. The summed E-state index contributed by atoms with van der Waals surface area (Å²) in [6.45, 7) is 0.607. The monoisotopic (exact) mass is 255 g/mol. The number of hydrogen-bond acceptors (Lipinski definition) is 4. The molecule has 0 radical (unpaired) electrons. The van der Waals surface area contributed by atoms with E-state index in [0.29, 0.717) is 12.3 Å². The van der Waals surface area contributed by atoms with Gasteiger partial charge in [-0.25, -0.2) is 0 Å². The van der Waals surface area contributed by atoms with Crippen LogP contribution in [0, 0.1) is 0 Å². The largest absolute Gasteiger partial charge is 0.504 e. The molecular weight excluding hydrogens is 238 g/mol. The molecule has 1 amide bonds. The molecule has 4 nitrogen and oxygen atoms in total. The minimum Gasteiger partial charge on any atom is -0.504 e. The van der Waals surface area contributed by atoms with E-state index >= 15 is 0 Å². The molecule has 0 aromatic heterocycles. The van der Waals surface area contributed by atoms with Crippen LogP contribution < -0.4 is 10.1 Å². The summed E-state index contributed by atoms with van der Waals surface area (Å²) in [6.07, 6.45) is 2.94. The van der Waals surface area contributed by atoms with Gasteiger partial charge >= 0.3 is 0 Å². The van der Waals surface area contributed by atoms with E-state index in [4.69, 9.17) is 4.74 Å². The standard InChI is InChI=1S/C12H17NO3S/c1-16-10-6-3-5-9(11(10)14)12(15)13-7-4-8-17-2/h3,5-6,14H,4,7-8H2,1-2H3,(H,13,15). The lowest BCUT2D eigenvalue weighted by atomic mass is 10.1. The Kier molecular flexibility index (Phi) is 5.69. The summed E-state index contributed by atoms with van der Waals surface area (Å²) in [5.41, 5.74) is 0.244. The van der Waals surface area contributed by atoms with Gasteiger partial charge in [-0.1, -0.05) is 6.07 Å². The van der Waals surface area contributed by atoms with Gasteiger partial charge in [0.15, 0.2) is 11.5 Å². The number of para-hydroxylation sites is 1. The molecule has 0 fully saturated rings. The molecule has 1 aromatic carbocycles. The van der Waals surface area contributed by atoms with Crippen LogP contribution in [0.25, 0.3) is 0 Å². The number of aromatic hydroxyl groups is 1. The van der Waals surface area contributed by atoms with E-state index in [9.17, 15) is 9.90 Å². The van der Waals surface area contributed by atoms with E-state index in [1.807, 2.05) is 6.26 Å². The smallest absolute Gasteiger partial charge is 0.255 e. The van der Waals surface area contributed by atoms with Gasteiger partial charge in [-0.2, -0.15) is 11.8 Å². The van der Waals surface area contributed by atoms with Crippen LogP contribution in [0.15, 0.2) is 18.2 Å². The number of phenols is 1. The third-order valence-corrected chi connectivity index (χ3v) is 2.97. The number of carbonyl (C=O) groups is 1. The van der Waals surface area contributed by atoms with Crippen LogP contribution in [0.3, 0.4) is 0 Å². The van der Waals surface area contributed by atoms with Crippen LogP contribution in [0.2, 0.25) is 0 Å². The summed E-state index contributed by atoms with van der Waals surface area (Å²) < 4.78 is 4.95. The van der Waals surface area contributed by atoms with E-state index in [1.54, 1.807) is 30.0 Å². The number of methoxy groups -OCH3 is 1. The number of benzene rings is 1. The van der Waals surface area contributed by atoms with Crippen LogP contribution in [0.5, 0.6) is 11.5 Å². The van der Waals surface area contributed by atoms with E-state index in [2.05, 4.69) is 5.32 Å². The Morgan fingerprint density at radius 2 is 2.29 bits per heavy atom. The van der Waals surface area contributed by atoms with Crippen LogP contribution in [-0.4, -0.2) is 36.7 Å². The highest BCUT2D eigenvalue weighted by atomic mass is 32.2. The summed E-state index contributed by atoms with van der Waals surface area (Å²) in [5.74, 6) is 0.923.